The summed E-state index contributed by atoms with van der Waals surface area (Å²) in [6, 6.07) is 3.10. The van der Waals surface area contributed by atoms with E-state index >= 15 is 0 Å². The van der Waals surface area contributed by atoms with Gasteiger partial charge in [-0.2, -0.15) is 0 Å². The summed E-state index contributed by atoms with van der Waals surface area (Å²) >= 11 is 0. The van der Waals surface area contributed by atoms with Gasteiger partial charge < -0.3 is 15.5 Å². The van der Waals surface area contributed by atoms with E-state index in [9.17, 15) is 19.4 Å². The minimum absolute atomic E-state index is 0.00687. The zero-order valence-electron chi connectivity index (χ0n) is 10.8. The molecule has 0 heterocycles. The second-order valence-electron chi connectivity index (χ2n) is 5.39. The molecule has 1 aliphatic rings. The number of aliphatic hydroxyl groups is 1. The Kier molecular flexibility index (Phi) is 3.75. The van der Waals surface area contributed by atoms with Crippen LogP contribution in [0.5, 0.6) is 5.75 Å². The Bertz CT molecular complexity index is 492. The SMILES string of the molecule is CC1(CO)CCCC1NC(=O)c1cc(F)ccc1O. The Hall–Kier alpha value is -1.62. The standard InChI is InChI=1S/C14H18FNO3/c1-14(8-17)6-2-3-12(14)16-13(19)10-7-9(15)4-5-11(10)18/h4-5,7,12,17-18H,2-3,6,8H2,1H3,(H,16,19). The van der Waals surface area contributed by atoms with Gasteiger partial charge in [0.2, 0.25) is 0 Å². The van der Waals surface area contributed by atoms with E-state index in [0.717, 1.165) is 37.5 Å². The van der Waals surface area contributed by atoms with Crippen LogP contribution in [0.4, 0.5) is 4.39 Å². The van der Waals surface area contributed by atoms with Crippen molar-refractivity contribution in [1.29, 1.82) is 0 Å². The molecule has 1 amide bonds. The summed E-state index contributed by atoms with van der Waals surface area (Å²) in [6.45, 7) is 1.91. The summed E-state index contributed by atoms with van der Waals surface area (Å²) in [6.07, 6.45) is 2.54. The fraction of sp³-hybridized carbons (Fsp3) is 0.500. The average Bonchev–Trinajstić information content (AvgIpc) is 2.74. The molecule has 1 aliphatic carbocycles. The van der Waals surface area contributed by atoms with Crippen molar-refractivity contribution in [2.75, 3.05) is 6.61 Å². The first kappa shape index (κ1) is 13.8. The predicted octanol–water partition coefficient (Wildman–Crippen LogP) is 1.81. The van der Waals surface area contributed by atoms with E-state index in [1.54, 1.807) is 0 Å². The van der Waals surface area contributed by atoms with Crippen molar-refractivity contribution < 1.29 is 19.4 Å². The van der Waals surface area contributed by atoms with Gasteiger partial charge in [-0.05, 0) is 31.0 Å². The van der Waals surface area contributed by atoms with Crippen molar-refractivity contribution in [2.45, 2.75) is 32.2 Å². The monoisotopic (exact) mass is 267 g/mol. The maximum absolute atomic E-state index is 13.1. The number of phenolic OH excluding ortho intramolecular Hbond substituents is 1. The number of hydrogen-bond acceptors (Lipinski definition) is 3. The van der Waals surface area contributed by atoms with Gasteiger partial charge in [0.1, 0.15) is 11.6 Å². The maximum Gasteiger partial charge on any atom is 0.255 e. The summed E-state index contributed by atoms with van der Waals surface area (Å²) in [4.78, 5) is 12.1. The number of hydrogen-bond donors (Lipinski definition) is 3. The summed E-state index contributed by atoms with van der Waals surface area (Å²) < 4.78 is 13.1. The van der Waals surface area contributed by atoms with Gasteiger partial charge in [0.25, 0.3) is 5.91 Å². The fourth-order valence-corrected chi connectivity index (χ4v) is 2.59. The topological polar surface area (TPSA) is 69.6 Å². The predicted molar refractivity (Wildman–Crippen MR) is 68.4 cm³/mol. The minimum Gasteiger partial charge on any atom is -0.507 e. The van der Waals surface area contributed by atoms with Gasteiger partial charge in [-0.25, -0.2) is 4.39 Å². The van der Waals surface area contributed by atoms with Crippen LogP contribution in [0.1, 0.15) is 36.5 Å². The molecule has 1 fully saturated rings. The third kappa shape index (κ3) is 2.71. The average molecular weight is 267 g/mol. The lowest BCUT2D eigenvalue weighted by Crippen LogP contribution is -2.44. The number of aromatic hydroxyl groups is 1. The molecule has 1 aromatic rings. The number of benzene rings is 1. The van der Waals surface area contributed by atoms with E-state index in [-0.39, 0.29) is 29.4 Å². The summed E-state index contributed by atoms with van der Waals surface area (Å²) in [7, 11) is 0. The van der Waals surface area contributed by atoms with Crippen molar-refractivity contribution in [2.24, 2.45) is 5.41 Å². The Morgan fingerprint density at radius 2 is 2.32 bits per heavy atom. The number of carbonyl (C=O) groups excluding carboxylic acids is 1. The molecule has 0 saturated heterocycles. The molecule has 0 radical (unpaired) electrons. The first-order valence-corrected chi connectivity index (χ1v) is 6.36. The van der Waals surface area contributed by atoms with Crippen LogP contribution in [0, 0.1) is 11.2 Å². The molecule has 1 saturated carbocycles. The summed E-state index contributed by atoms with van der Waals surface area (Å²) in [5, 5.41) is 21.8. The highest BCUT2D eigenvalue weighted by atomic mass is 19.1. The Labute approximate surface area is 111 Å². The first-order valence-electron chi connectivity index (χ1n) is 6.36. The van der Waals surface area contributed by atoms with Gasteiger partial charge in [0.15, 0.2) is 0 Å². The van der Waals surface area contributed by atoms with Crippen molar-refractivity contribution >= 4 is 5.91 Å². The molecule has 104 valence electrons. The fourth-order valence-electron chi connectivity index (χ4n) is 2.59. The first-order chi connectivity index (χ1) is 8.96. The second-order valence-corrected chi connectivity index (χ2v) is 5.39. The lowest BCUT2D eigenvalue weighted by molar-refractivity contribution is 0.0828. The van der Waals surface area contributed by atoms with Gasteiger partial charge in [-0.15, -0.1) is 0 Å². The van der Waals surface area contributed by atoms with Crippen LogP contribution in [0.2, 0.25) is 0 Å². The van der Waals surface area contributed by atoms with Crippen LogP contribution in [0.15, 0.2) is 18.2 Å². The van der Waals surface area contributed by atoms with Gasteiger partial charge >= 0.3 is 0 Å². The normalized spacial score (nSPS) is 26.4. The van der Waals surface area contributed by atoms with Gasteiger partial charge in [-0.1, -0.05) is 13.3 Å². The van der Waals surface area contributed by atoms with Crippen molar-refractivity contribution in [3.05, 3.63) is 29.6 Å². The maximum atomic E-state index is 13.1. The second kappa shape index (κ2) is 5.17. The van der Waals surface area contributed by atoms with E-state index in [1.807, 2.05) is 6.92 Å². The molecule has 4 nitrogen and oxygen atoms in total. The van der Waals surface area contributed by atoms with Crippen molar-refractivity contribution in [1.82, 2.24) is 5.32 Å². The smallest absolute Gasteiger partial charge is 0.255 e. The quantitative estimate of drug-likeness (QED) is 0.782. The molecule has 1 aromatic carbocycles. The van der Waals surface area contributed by atoms with E-state index in [1.165, 1.54) is 0 Å². The lowest BCUT2D eigenvalue weighted by atomic mass is 9.85. The Balaban J connectivity index is 2.15. The number of nitrogens with one attached hydrogen (secondary N) is 1. The van der Waals surface area contributed by atoms with Crippen LogP contribution in [-0.2, 0) is 0 Å². The van der Waals surface area contributed by atoms with E-state index in [2.05, 4.69) is 5.32 Å². The Morgan fingerprint density at radius 3 is 3.00 bits per heavy atom. The van der Waals surface area contributed by atoms with Gasteiger partial charge in [0, 0.05) is 11.5 Å². The number of halogens is 1. The lowest BCUT2D eigenvalue weighted by Gasteiger charge is -2.30. The van der Waals surface area contributed by atoms with E-state index in [4.69, 9.17) is 0 Å². The van der Waals surface area contributed by atoms with Gasteiger partial charge in [-0.3, -0.25) is 4.79 Å². The number of phenols is 1. The van der Waals surface area contributed by atoms with Crippen LogP contribution in [-0.4, -0.2) is 28.8 Å². The molecular weight excluding hydrogens is 249 g/mol. The van der Waals surface area contributed by atoms with E-state index in [0.29, 0.717) is 0 Å². The minimum atomic E-state index is -0.570. The molecule has 3 N–H and O–H groups in total. The zero-order chi connectivity index (χ0) is 14.0. The molecule has 0 bridgehead atoms. The van der Waals surface area contributed by atoms with Crippen molar-refractivity contribution in [3.8, 4) is 5.75 Å². The molecule has 2 unspecified atom stereocenters. The summed E-state index contributed by atoms with van der Waals surface area (Å²) in [5.41, 5.74) is -0.425. The van der Waals surface area contributed by atoms with Crippen LogP contribution in [0.25, 0.3) is 0 Å². The number of rotatable bonds is 3. The molecule has 5 heteroatoms. The third-order valence-electron chi connectivity index (χ3n) is 3.95. The van der Waals surface area contributed by atoms with Crippen LogP contribution < -0.4 is 5.32 Å². The number of aliphatic hydroxyl groups excluding tert-OH is 1. The third-order valence-corrected chi connectivity index (χ3v) is 3.95. The summed E-state index contributed by atoms with van der Waals surface area (Å²) in [5.74, 6) is -1.33. The molecular formula is C14H18FNO3. The van der Waals surface area contributed by atoms with Crippen LogP contribution in [0.3, 0.4) is 0 Å². The molecule has 0 aromatic heterocycles. The van der Waals surface area contributed by atoms with Gasteiger partial charge in [0.05, 0.1) is 12.2 Å². The highest BCUT2D eigenvalue weighted by molar-refractivity contribution is 5.97. The largest absolute Gasteiger partial charge is 0.507 e. The highest BCUT2D eigenvalue weighted by Crippen LogP contribution is 2.37. The zero-order valence-corrected chi connectivity index (χ0v) is 10.8. The number of amides is 1. The molecule has 19 heavy (non-hydrogen) atoms. The van der Waals surface area contributed by atoms with E-state index < -0.39 is 11.7 Å². The highest BCUT2D eigenvalue weighted by Gasteiger charge is 2.39. The molecule has 2 rings (SSSR count). The van der Waals surface area contributed by atoms with Crippen LogP contribution >= 0.6 is 0 Å². The molecule has 0 aliphatic heterocycles. The molecule has 0 spiro atoms. The molecule has 2 atom stereocenters. The van der Waals surface area contributed by atoms with Crippen molar-refractivity contribution in [3.63, 3.8) is 0 Å². The number of carbonyl (C=O) groups is 1. The Morgan fingerprint density at radius 1 is 1.58 bits per heavy atom.